The first-order valence-electron chi connectivity index (χ1n) is 7.31. The third-order valence-corrected chi connectivity index (χ3v) is 5.57. The average Bonchev–Trinajstić information content (AvgIpc) is 2.93. The topological polar surface area (TPSA) is 12.0 Å². The van der Waals surface area contributed by atoms with E-state index in [2.05, 4.69) is 45.5 Å². The van der Waals surface area contributed by atoms with Crippen LogP contribution < -0.4 is 5.32 Å². The summed E-state index contributed by atoms with van der Waals surface area (Å²) in [6, 6.07) is 8.80. The molecular weight excluding hydrogens is 286 g/mol. The van der Waals surface area contributed by atoms with E-state index in [-0.39, 0.29) is 0 Å². The van der Waals surface area contributed by atoms with Crippen molar-refractivity contribution in [2.45, 2.75) is 38.0 Å². The van der Waals surface area contributed by atoms with Gasteiger partial charge in [0.05, 0.1) is 0 Å². The van der Waals surface area contributed by atoms with Crippen LogP contribution in [0.3, 0.4) is 0 Å². The molecular formula is C16H22BrN. The molecule has 1 saturated heterocycles. The zero-order chi connectivity index (χ0) is 12.4. The molecule has 2 atom stereocenters. The van der Waals surface area contributed by atoms with Crippen LogP contribution in [0.15, 0.2) is 28.7 Å². The highest BCUT2D eigenvalue weighted by Crippen LogP contribution is 2.43. The maximum atomic E-state index is 3.74. The number of nitrogens with one attached hydrogen (secondary N) is 1. The van der Waals surface area contributed by atoms with Crippen LogP contribution in [0.2, 0.25) is 0 Å². The van der Waals surface area contributed by atoms with Crippen molar-refractivity contribution in [3.05, 3.63) is 34.3 Å². The molecule has 1 nitrogen and oxygen atoms in total. The Balaban J connectivity index is 1.85. The molecule has 3 rings (SSSR count). The Kier molecular flexibility index (Phi) is 4.05. The summed E-state index contributed by atoms with van der Waals surface area (Å²) in [4.78, 5) is 0. The van der Waals surface area contributed by atoms with E-state index in [1.54, 1.807) is 0 Å². The summed E-state index contributed by atoms with van der Waals surface area (Å²) in [7, 11) is 0. The second kappa shape index (κ2) is 5.75. The van der Waals surface area contributed by atoms with Gasteiger partial charge in [-0.3, -0.25) is 0 Å². The molecule has 1 aliphatic heterocycles. The summed E-state index contributed by atoms with van der Waals surface area (Å²) in [5.74, 6) is 2.58. The molecule has 0 amide bonds. The Morgan fingerprint density at radius 3 is 2.61 bits per heavy atom. The lowest BCUT2D eigenvalue weighted by Crippen LogP contribution is -2.38. The Morgan fingerprint density at radius 1 is 1.06 bits per heavy atom. The van der Waals surface area contributed by atoms with Gasteiger partial charge in [-0.05, 0) is 36.4 Å². The van der Waals surface area contributed by atoms with E-state index in [1.807, 2.05) is 0 Å². The first-order valence-corrected chi connectivity index (χ1v) is 8.10. The minimum Gasteiger partial charge on any atom is -0.316 e. The Labute approximate surface area is 118 Å². The van der Waals surface area contributed by atoms with Crippen LogP contribution in [0.4, 0.5) is 0 Å². The van der Waals surface area contributed by atoms with E-state index in [4.69, 9.17) is 0 Å². The number of benzene rings is 1. The van der Waals surface area contributed by atoms with Gasteiger partial charge in [0.15, 0.2) is 0 Å². The highest BCUT2D eigenvalue weighted by molar-refractivity contribution is 9.10. The van der Waals surface area contributed by atoms with E-state index in [9.17, 15) is 0 Å². The van der Waals surface area contributed by atoms with Crippen LogP contribution in [-0.2, 0) is 0 Å². The average molecular weight is 308 g/mol. The van der Waals surface area contributed by atoms with Crippen LogP contribution in [-0.4, -0.2) is 13.1 Å². The molecule has 0 bridgehead atoms. The zero-order valence-electron chi connectivity index (χ0n) is 10.9. The highest BCUT2D eigenvalue weighted by atomic mass is 79.9. The van der Waals surface area contributed by atoms with Gasteiger partial charge in [0.1, 0.15) is 0 Å². The summed E-state index contributed by atoms with van der Waals surface area (Å²) in [5, 5.41) is 3.59. The third-order valence-electron chi connectivity index (χ3n) is 4.85. The van der Waals surface area contributed by atoms with Crippen molar-refractivity contribution in [3.63, 3.8) is 0 Å². The molecule has 1 heterocycles. The fourth-order valence-electron chi connectivity index (χ4n) is 3.95. The lowest BCUT2D eigenvalue weighted by atomic mass is 9.73. The standard InChI is InChI=1S/C16H22BrN/c17-16-8-4-3-7-14(16)15-11-18-10-9-13(15)12-5-1-2-6-12/h3-4,7-8,12-13,15,18H,1-2,5-6,9-11H2. The van der Waals surface area contributed by atoms with Gasteiger partial charge >= 0.3 is 0 Å². The second-order valence-corrected chi connectivity index (χ2v) is 6.68. The van der Waals surface area contributed by atoms with Gasteiger partial charge in [0.25, 0.3) is 0 Å². The molecule has 2 heteroatoms. The SMILES string of the molecule is Brc1ccccc1C1CNCCC1C1CCCC1. The largest absolute Gasteiger partial charge is 0.316 e. The maximum Gasteiger partial charge on any atom is 0.0210 e. The first-order chi connectivity index (χ1) is 8.86. The van der Waals surface area contributed by atoms with E-state index >= 15 is 0 Å². The summed E-state index contributed by atoms with van der Waals surface area (Å²) in [5.41, 5.74) is 1.52. The van der Waals surface area contributed by atoms with Gasteiger partial charge in [-0.1, -0.05) is 59.8 Å². The second-order valence-electron chi connectivity index (χ2n) is 5.83. The lowest BCUT2D eigenvalue weighted by Gasteiger charge is -2.37. The van der Waals surface area contributed by atoms with Crippen molar-refractivity contribution in [2.75, 3.05) is 13.1 Å². The fourth-order valence-corrected chi connectivity index (χ4v) is 4.52. The van der Waals surface area contributed by atoms with E-state index < -0.39 is 0 Å². The molecule has 1 N–H and O–H groups in total. The summed E-state index contributed by atoms with van der Waals surface area (Å²) in [6.07, 6.45) is 7.20. The van der Waals surface area contributed by atoms with E-state index in [0.29, 0.717) is 5.92 Å². The number of halogens is 1. The van der Waals surface area contributed by atoms with Crippen LogP contribution in [0.1, 0.15) is 43.6 Å². The monoisotopic (exact) mass is 307 g/mol. The van der Waals surface area contributed by atoms with Gasteiger partial charge in [-0.15, -0.1) is 0 Å². The molecule has 2 fully saturated rings. The first kappa shape index (κ1) is 12.7. The van der Waals surface area contributed by atoms with Crippen LogP contribution in [0.5, 0.6) is 0 Å². The van der Waals surface area contributed by atoms with Crippen LogP contribution in [0.25, 0.3) is 0 Å². The number of hydrogen-bond acceptors (Lipinski definition) is 1. The Morgan fingerprint density at radius 2 is 1.83 bits per heavy atom. The molecule has 18 heavy (non-hydrogen) atoms. The smallest absolute Gasteiger partial charge is 0.0210 e. The van der Waals surface area contributed by atoms with Crippen molar-refractivity contribution >= 4 is 15.9 Å². The minimum atomic E-state index is 0.706. The highest BCUT2D eigenvalue weighted by Gasteiger charge is 2.34. The fraction of sp³-hybridized carbons (Fsp3) is 0.625. The normalized spacial score (nSPS) is 29.6. The van der Waals surface area contributed by atoms with Gasteiger partial charge in [-0.2, -0.15) is 0 Å². The number of rotatable bonds is 2. The van der Waals surface area contributed by atoms with Crippen molar-refractivity contribution in [1.29, 1.82) is 0 Å². The third kappa shape index (κ3) is 2.50. The summed E-state index contributed by atoms with van der Waals surface area (Å²) < 4.78 is 1.29. The molecule has 0 aromatic heterocycles. The van der Waals surface area contributed by atoms with Gasteiger partial charge < -0.3 is 5.32 Å². The summed E-state index contributed by atoms with van der Waals surface area (Å²) in [6.45, 7) is 2.37. The quantitative estimate of drug-likeness (QED) is 0.857. The Hall–Kier alpha value is -0.340. The molecule has 98 valence electrons. The minimum absolute atomic E-state index is 0.706. The van der Waals surface area contributed by atoms with Crippen molar-refractivity contribution in [2.24, 2.45) is 11.8 Å². The molecule has 1 aromatic rings. The van der Waals surface area contributed by atoms with Crippen molar-refractivity contribution in [3.8, 4) is 0 Å². The van der Waals surface area contributed by atoms with Gasteiger partial charge in [0, 0.05) is 16.9 Å². The van der Waals surface area contributed by atoms with Gasteiger partial charge in [0.2, 0.25) is 0 Å². The molecule has 1 saturated carbocycles. The zero-order valence-corrected chi connectivity index (χ0v) is 12.5. The maximum absolute atomic E-state index is 3.74. The molecule has 2 unspecified atom stereocenters. The van der Waals surface area contributed by atoms with Crippen molar-refractivity contribution in [1.82, 2.24) is 5.32 Å². The van der Waals surface area contributed by atoms with E-state index in [0.717, 1.165) is 18.4 Å². The van der Waals surface area contributed by atoms with E-state index in [1.165, 1.54) is 48.7 Å². The predicted octanol–water partition coefficient (Wildman–Crippen LogP) is 4.33. The lowest BCUT2D eigenvalue weighted by molar-refractivity contribution is 0.227. The van der Waals surface area contributed by atoms with Crippen LogP contribution >= 0.6 is 15.9 Å². The molecule has 2 aliphatic rings. The molecule has 0 radical (unpaired) electrons. The number of piperidine rings is 1. The van der Waals surface area contributed by atoms with Crippen LogP contribution in [0, 0.1) is 11.8 Å². The molecule has 1 aromatic carbocycles. The Bertz CT molecular complexity index is 398. The molecule has 1 aliphatic carbocycles. The van der Waals surface area contributed by atoms with Gasteiger partial charge in [-0.25, -0.2) is 0 Å². The van der Waals surface area contributed by atoms with Crippen molar-refractivity contribution < 1.29 is 0 Å². The predicted molar refractivity (Wildman–Crippen MR) is 79.8 cm³/mol. The number of hydrogen-bond donors (Lipinski definition) is 1. The molecule has 0 spiro atoms. The summed E-state index contributed by atoms with van der Waals surface area (Å²) >= 11 is 3.74.